The largest absolute Gasteiger partial charge is 0.354 e. The number of aromatic nitrogens is 2. The molecule has 110 valence electrons. The summed E-state index contributed by atoms with van der Waals surface area (Å²) in [7, 11) is 0. The number of carbonyl (C=O) groups is 1. The number of hydrogen-bond donors (Lipinski definition) is 1. The van der Waals surface area contributed by atoms with E-state index in [1.54, 1.807) is 6.92 Å². The summed E-state index contributed by atoms with van der Waals surface area (Å²) in [6.45, 7) is 4.55. The molecule has 0 aliphatic carbocycles. The molecular formula is C16H19N3O2. The van der Waals surface area contributed by atoms with Crippen LogP contribution in [-0.4, -0.2) is 22.0 Å². The quantitative estimate of drug-likeness (QED) is 0.898. The first-order valence-corrected chi connectivity index (χ1v) is 6.90. The van der Waals surface area contributed by atoms with Gasteiger partial charge in [-0.3, -0.25) is 14.2 Å². The smallest absolute Gasteiger partial charge is 0.256 e. The van der Waals surface area contributed by atoms with Crippen LogP contribution in [0.15, 0.2) is 41.6 Å². The molecule has 1 heterocycles. The molecule has 21 heavy (non-hydrogen) atoms. The molecule has 0 bridgehead atoms. The number of nitrogens with one attached hydrogen (secondary N) is 1. The van der Waals surface area contributed by atoms with Gasteiger partial charge in [0.2, 0.25) is 5.91 Å². The molecule has 0 aliphatic rings. The first-order valence-electron chi connectivity index (χ1n) is 6.90. The summed E-state index contributed by atoms with van der Waals surface area (Å²) in [6, 6.07) is 7.81. The number of hydrogen-bond acceptors (Lipinski definition) is 3. The maximum atomic E-state index is 11.9. The molecule has 0 radical (unpaired) electrons. The molecule has 5 nitrogen and oxygen atoms in total. The molecule has 0 unspecified atom stereocenters. The average molecular weight is 285 g/mol. The molecule has 1 aromatic carbocycles. The first-order chi connectivity index (χ1) is 10.1. The summed E-state index contributed by atoms with van der Waals surface area (Å²) in [5.41, 5.74) is 2.65. The van der Waals surface area contributed by atoms with Crippen molar-refractivity contribution in [3.63, 3.8) is 0 Å². The Morgan fingerprint density at radius 2 is 2.00 bits per heavy atom. The average Bonchev–Trinajstić information content (AvgIpc) is 2.46. The molecule has 1 N–H and O–H groups in total. The Bertz CT molecular complexity index is 692. The molecule has 2 rings (SSSR count). The van der Waals surface area contributed by atoms with E-state index in [-0.39, 0.29) is 11.5 Å². The zero-order chi connectivity index (χ0) is 15.2. The van der Waals surface area contributed by atoms with Crippen LogP contribution in [0, 0.1) is 13.8 Å². The van der Waals surface area contributed by atoms with E-state index in [4.69, 9.17) is 0 Å². The van der Waals surface area contributed by atoms with Gasteiger partial charge in [0.15, 0.2) is 0 Å². The van der Waals surface area contributed by atoms with Crippen LogP contribution < -0.4 is 10.9 Å². The van der Waals surface area contributed by atoms with Gasteiger partial charge in [0, 0.05) is 24.8 Å². The summed E-state index contributed by atoms with van der Waals surface area (Å²) < 4.78 is 1.50. The second kappa shape index (κ2) is 6.83. The van der Waals surface area contributed by atoms with Gasteiger partial charge in [-0.25, -0.2) is 4.98 Å². The Balaban J connectivity index is 1.86. The normalized spacial score (nSPS) is 10.4. The second-order valence-electron chi connectivity index (χ2n) is 5.03. The lowest BCUT2D eigenvalue weighted by molar-refractivity contribution is -0.120. The predicted molar refractivity (Wildman–Crippen MR) is 81.1 cm³/mol. The van der Waals surface area contributed by atoms with E-state index in [1.807, 2.05) is 31.2 Å². The minimum atomic E-state index is -0.0712. The maximum Gasteiger partial charge on any atom is 0.256 e. The summed E-state index contributed by atoms with van der Waals surface area (Å²) in [5, 5.41) is 2.83. The second-order valence-corrected chi connectivity index (χ2v) is 5.03. The topological polar surface area (TPSA) is 64.0 Å². The summed E-state index contributed by atoms with van der Waals surface area (Å²) in [5.74, 6) is -0.0436. The third-order valence-electron chi connectivity index (χ3n) is 3.36. The third kappa shape index (κ3) is 4.02. The van der Waals surface area contributed by atoms with Crippen molar-refractivity contribution in [1.29, 1.82) is 0 Å². The van der Waals surface area contributed by atoms with E-state index >= 15 is 0 Å². The van der Waals surface area contributed by atoms with Gasteiger partial charge in [0.1, 0.15) is 0 Å². The zero-order valence-corrected chi connectivity index (χ0v) is 12.3. The molecule has 1 aromatic heterocycles. The fourth-order valence-corrected chi connectivity index (χ4v) is 2.08. The van der Waals surface area contributed by atoms with Gasteiger partial charge in [-0.15, -0.1) is 0 Å². The molecule has 0 saturated heterocycles. The van der Waals surface area contributed by atoms with Gasteiger partial charge in [0.25, 0.3) is 5.56 Å². The molecule has 0 saturated carbocycles. The van der Waals surface area contributed by atoms with Crippen LogP contribution in [0.3, 0.4) is 0 Å². The van der Waals surface area contributed by atoms with Gasteiger partial charge in [-0.1, -0.05) is 24.3 Å². The summed E-state index contributed by atoms with van der Waals surface area (Å²) in [4.78, 5) is 27.7. The van der Waals surface area contributed by atoms with Crippen LogP contribution in [-0.2, 0) is 17.8 Å². The van der Waals surface area contributed by atoms with Gasteiger partial charge in [0.05, 0.1) is 12.7 Å². The highest BCUT2D eigenvalue weighted by molar-refractivity contribution is 5.78. The lowest BCUT2D eigenvalue weighted by Gasteiger charge is -2.09. The van der Waals surface area contributed by atoms with E-state index in [0.29, 0.717) is 25.1 Å². The first kappa shape index (κ1) is 15.0. The Hall–Kier alpha value is -2.43. The third-order valence-corrected chi connectivity index (χ3v) is 3.36. The van der Waals surface area contributed by atoms with Gasteiger partial charge >= 0.3 is 0 Å². The van der Waals surface area contributed by atoms with Crippen LogP contribution >= 0.6 is 0 Å². The van der Waals surface area contributed by atoms with Crippen LogP contribution in [0.1, 0.15) is 16.7 Å². The van der Waals surface area contributed by atoms with E-state index in [1.165, 1.54) is 17.1 Å². The highest BCUT2D eigenvalue weighted by atomic mass is 16.1. The minimum Gasteiger partial charge on any atom is -0.354 e. The van der Waals surface area contributed by atoms with Crippen LogP contribution in [0.25, 0.3) is 0 Å². The van der Waals surface area contributed by atoms with Crippen molar-refractivity contribution in [3.05, 3.63) is 63.8 Å². The highest BCUT2D eigenvalue weighted by Crippen LogP contribution is 2.07. The summed E-state index contributed by atoms with van der Waals surface area (Å²) >= 11 is 0. The van der Waals surface area contributed by atoms with Gasteiger partial charge < -0.3 is 5.32 Å². The molecule has 0 atom stereocenters. The Morgan fingerprint density at radius 1 is 1.24 bits per heavy atom. The Kier molecular flexibility index (Phi) is 4.87. The Labute approximate surface area is 123 Å². The molecule has 2 aromatic rings. The lowest BCUT2D eigenvalue weighted by atomic mass is 10.1. The minimum absolute atomic E-state index is 0.0436. The standard InChI is InChI=1S/C16H19N3O2/c1-12-5-3-4-6-14(12)9-15(20)18-7-8-19-11-17-10-13(2)16(19)21/h3-6,10-11H,7-9H2,1-2H3,(H,18,20). The zero-order valence-electron chi connectivity index (χ0n) is 12.3. The number of amides is 1. The van der Waals surface area contributed by atoms with Crippen molar-refractivity contribution >= 4 is 5.91 Å². The Morgan fingerprint density at radius 3 is 2.76 bits per heavy atom. The number of rotatable bonds is 5. The number of carbonyl (C=O) groups excluding carboxylic acids is 1. The number of benzene rings is 1. The SMILES string of the molecule is Cc1ccccc1CC(=O)NCCn1cncc(C)c1=O. The van der Waals surface area contributed by atoms with Crippen molar-refractivity contribution in [2.75, 3.05) is 6.54 Å². The monoisotopic (exact) mass is 285 g/mol. The molecule has 1 amide bonds. The fraction of sp³-hybridized carbons (Fsp3) is 0.312. The fourth-order valence-electron chi connectivity index (χ4n) is 2.08. The van der Waals surface area contributed by atoms with Crippen LogP contribution in [0.5, 0.6) is 0 Å². The van der Waals surface area contributed by atoms with Crippen molar-refractivity contribution in [1.82, 2.24) is 14.9 Å². The van der Waals surface area contributed by atoms with E-state index in [9.17, 15) is 9.59 Å². The maximum absolute atomic E-state index is 11.9. The van der Waals surface area contributed by atoms with Gasteiger partial charge in [-0.05, 0) is 25.0 Å². The van der Waals surface area contributed by atoms with Crippen LogP contribution in [0.2, 0.25) is 0 Å². The van der Waals surface area contributed by atoms with E-state index < -0.39 is 0 Å². The number of aryl methyl sites for hydroxylation is 2. The number of nitrogens with zero attached hydrogens (tertiary/aromatic N) is 2. The van der Waals surface area contributed by atoms with E-state index in [0.717, 1.165) is 11.1 Å². The van der Waals surface area contributed by atoms with Crippen molar-refractivity contribution in [3.8, 4) is 0 Å². The van der Waals surface area contributed by atoms with Gasteiger partial charge in [-0.2, -0.15) is 0 Å². The highest BCUT2D eigenvalue weighted by Gasteiger charge is 2.05. The van der Waals surface area contributed by atoms with Crippen LogP contribution in [0.4, 0.5) is 0 Å². The summed E-state index contributed by atoms with van der Waals surface area (Å²) in [6.07, 6.45) is 3.38. The predicted octanol–water partition coefficient (Wildman–Crippen LogP) is 1.22. The van der Waals surface area contributed by atoms with Crippen molar-refractivity contribution in [2.24, 2.45) is 0 Å². The molecule has 0 aliphatic heterocycles. The molecular weight excluding hydrogens is 266 g/mol. The molecule has 0 fully saturated rings. The lowest BCUT2D eigenvalue weighted by Crippen LogP contribution is -2.32. The van der Waals surface area contributed by atoms with E-state index in [2.05, 4.69) is 10.3 Å². The molecule has 5 heteroatoms. The van der Waals surface area contributed by atoms with Crippen molar-refractivity contribution in [2.45, 2.75) is 26.8 Å². The van der Waals surface area contributed by atoms with Crippen molar-refractivity contribution < 1.29 is 4.79 Å². The molecule has 0 spiro atoms.